The average molecular weight is 421 g/mol. The lowest BCUT2D eigenvalue weighted by atomic mass is 10.1. The lowest BCUT2D eigenvalue weighted by Crippen LogP contribution is -2.46. The van der Waals surface area contributed by atoms with Crippen molar-refractivity contribution in [3.8, 4) is 0 Å². The SMILES string of the molecule is CCNC(=NCc1c(CC)noc1CC)NC(CC)CS(=O)(=O)c1ccccc1. The minimum atomic E-state index is -3.38. The standard InChI is InChI=1S/C21H32N4O3S/c1-5-16(15-29(26,27)17-12-10-9-11-13-17)24-21(22-8-4)23-14-18-19(6-2)25-28-20(18)7-3/h9-13,16H,5-8,14-15H2,1-4H3,(H2,22,23,24). The van der Waals surface area contributed by atoms with E-state index in [4.69, 9.17) is 4.52 Å². The molecule has 1 atom stereocenters. The third kappa shape index (κ3) is 6.32. The first-order chi connectivity index (χ1) is 13.9. The third-order valence-corrected chi connectivity index (χ3v) is 6.53. The van der Waals surface area contributed by atoms with Crippen LogP contribution in [0.4, 0.5) is 0 Å². The van der Waals surface area contributed by atoms with Gasteiger partial charge in [-0.2, -0.15) is 0 Å². The van der Waals surface area contributed by atoms with Crippen LogP contribution in [0.2, 0.25) is 0 Å². The number of rotatable bonds is 10. The molecule has 1 unspecified atom stereocenters. The van der Waals surface area contributed by atoms with Crippen LogP contribution in [0.15, 0.2) is 44.7 Å². The first-order valence-electron chi connectivity index (χ1n) is 10.2. The number of nitrogens with one attached hydrogen (secondary N) is 2. The molecule has 0 bridgehead atoms. The Balaban J connectivity index is 2.15. The van der Waals surface area contributed by atoms with E-state index in [1.807, 2.05) is 33.8 Å². The van der Waals surface area contributed by atoms with Gasteiger partial charge in [0.05, 0.1) is 22.9 Å². The Kier molecular flexibility index (Phi) is 8.70. The second kappa shape index (κ2) is 11.0. The highest BCUT2D eigenvalue weighted by molar-refractivity contribution is 7.91. The van der Waals surface area contributed by atoms with Gasteiger partial charge in [0.2, 0.25) is 0 Å². The number of benzene rings is 1. The monoisotopic (exact) mass is 420 g/mol. The van der Waals surface area contributed by atoms with Crippen molar-refractivity contribution in [3.63, 3.8) is 0 Å². The van der Waals surface area contributed by atoms with E-state index in [1.165, 1.54) is 0 Å². The van der Waals surface area contributed by atoms with Crippen molar-refractivity contribution in [1.29, 1.82) is 0 Å². The van der Waals surface area contributed by atoms with Crippen LogP contribution in [0.25, 0.3) is 0 Å². The van der Waals surface area contributed by atoms with Gasteiger partial charge in [-0.3, -0.25) is 0 Å². The van der Waals surface area contributed by atoms with E-state index in [2.05, 4.69) is 20.8 Å². The number of aromatic nitrogens is 1. The molecule has 0 aliphatic heterocycles. The van der Waals surface area contributed by atoms with Crippen LogP contribution in [-0.4, -0.2) is 37.9 Å². The zero-order valence-electron chi connectivity index (χ0n) is 17.7. The Morgan fingerprint density at radius 2 is 1.86 bits per heavy atom. The number of sulfone groups is 1. The highest BCUT2D eigenvalue weighted by atomic mass is 32.2. The van der Waals surface area contributed by atoms with Crippen LogP contribution in [-0.2, 0) is 29.2 Å². The Morgan fingerprint density at radius 3 is 2.45 bits per heavy atom. The molecule has 0 radical (unpaired) electrons. The van der Waals surface area contributed by atoms with Crippen LogP contribution < -0.4 is 10.6 Å². The fourth-order valence-corrected chi connectivity index (χ4v) is 4.65. The Labute approximate surface area is 173 Å². The maximum absolute atomic E-state index is 12.7. The Bertz CT molecular complexity index is 870. The summed E-state index contributed by atoms with van der Waals surface area (Å²) in [6.07, 6.45) is 2.20. The number of aryl methyl sites for hydroxylation is 2. The van der Waals surface area contributed by atoms with Crippen molar-refractivity contribution in [2.75, 3.05) is 12.3 Å². The summed E-state index contributed by atoms with van der Waals surface area (Å²) < 4.78 is 30.9. The summed E-state index contributed by atoms with van der Waals surface area (Å²) in [7, 11) is -3.38. The van der Waals surface area contributed by atoms with Gasteiger partial charge < -0.3 is 15.2 Å². The van der Waals surface area contributed by atoms with E-state index in [0.29, 0.717) is 30.4 Å². The second-order valence-electron chi connectivity index (χ2n) is 6.78. The molecule has 160 valence electrons. The van der Waals surface area contributed by atoms with E-state index >= 15 is 0 Å². The van der Waals surface area contributed by atoms with Gasteiger partial charge >= 0.3 is 0 Å². The molecule has 2 rings (SSSR count). The molecule has 0 fully saturated rings. The van der Waals surface area contributed by atoms with Gasteiger partial charge in [0.25, 0.3) is 0 Å². The lowest BCUT2D eigenvalue weighted by molar-refractivity contribution is 0.380. The molecule has 0 aliphatic carbocycles. The first kappa shape index (κ1) is 22.9. The maximum Gasteiger partial charge on any atom is 0.191 e. The van der Waals surface area contributed by atoms with Gasteiger partial charge in [-0.15, -0.1) is 0 Å². The molecule has 0 spiro atoms. The predicted molar refractivity (Wildman–Crippen MR) is 116 cm³/mol. The Hall–Kier alpha value is -2.35. The van der Waals surface area contributed by atoms with Crippen LogP contribution in [0.3, 0.4) is 0 Å². The summed E-state index contributed by atoms with van der Waals surface area (Å²) in [6.45, 7) is 9.12. The Morgan fingerprint density at radius 1 is 1.14 bits per heavy atom. The summed E-state index contributed by atoms with van der Waals surface area (Å²) in [6, 6.07) is 8.30. The molecule has 1 aromatic carbocycles. The summed E-state index contributed by atoms with van der Waals surface area (Å²) in [4.78, 5) is 5.00. The molecule has 2 N–H and O–H groups in total. The van der Waals surface area contributed by atoms with Crippen molar-refractivity contribution >= 4 is 15.8 Å². The van der Waals surface area contributed by atoms with Gasteiger partial charge in [-0.05, 0) is 31.9 Å². The summed E-state index contributed by atoms with van der Waals surface area (Å²) in [5, 5.41) is 10.6. The van der Waals surface area contributed by atoms with Crippen molar-refractivity contribution in [2.24, 2.45) is 4.99 Å². The second-order valence-corrected chi connectivity index (χ2v) is 8.81. The first-order valence-corrected chi connectivity index (χ1v) is 11.9. The average Bonchev–Trinajstić information content (AvgIpc) is 3.14. The van der Waals surface area contributed by atoms with E-state index < -0.39 is 9.84 Å². The molecule has 29 heavy (non-hydrogen) atoms. The number of guanidine groups is 1. The van der Waals surface area contributed by atoms with Gasteiger partial charge in [-0.1, -0.05) is 44.1 Å². The molecule has 1 heterocycles. The summed E-state index contributed by atoms with van der Waals surface area (Å²) in [5.41, 5.74) is 1.93. The molecule has 0 saturated heterocycles. The smallest absolute Gasteiger partial charge is 0.191 e. The zero-order valence-corrected chi connectivity index (χ0v) is 18.6. The van der Waals surface area contributed by atoms with E-state index in [0.717, 1.165) is 29.9 Å². The fraction of sp³-hybridized carbons (Fsp3) is 0.524. The predicted octanol–water partition coefficient (Wildman–Crippen LogP) is 3.11. The van der Waals surface area contributed by atoms with Gasteiger partial charge in [0.15, 0.2) is 15.8 Å². The summed E-state index contributed by atoms with van der Waals surface area (Å²) >= 11 is 0. The highest BCUT2D eigenvalue weighted by Crippen LogP contribution is 2.17. The van der Waals surface area contributed by atoms with Crippen LogP contribution in [0, 0.1) is 0 Å². The van der Waals surface area contributed by atoms with E-state index in [1.54, 1.807) is 24.3 Å². The number of aliphatic imine (C=N–C) groups is 1. The molecule has 2 aromatic rings. The number of hydrogen-bond acceptors (Lipinski definition) is 5. The highest BCUT2D eigenvalue weighted by Gasteiger charge is 2.21. The molecule has 0 amide bonds. The number of nitrogens with zero attached hydrogens (tertiary/aromatic N) is 2. The summed E-state index contributed by atoms with van der Waals surface area (Å²) in [5.74, 6) is 1.44. The molecule has 0 aliphatic rings. The van der Waals surface area contributed by atoms with Gasteiger partial charge in [0, 0.05) is 24.6 Å². The molecule has 7 nitrogen and oxygen atoms in total. The molecule has 8 heteroatoms. The van der Waals surface area contributed by atoms with Crippen LogP contribution >= 0.6 is 0 Å². The number of hydrogen-bond donors (Lipinski definition) is 2. The van der Waals surface area contributed by atoms with Crippen molar-refractivity contribution in [3.05, 3.63) is 47.3 Å². The molecular weight excluding hydrogens is 388 g/mol. The van der Waals surface area contributed by atoms with Crippen molar-refractivity contribution in [1.82, 2.24) is 15.8 Å². The minimum absolute atomic E-state index is 0.00557. The van der Waals surface area contributed by atoms with Gasteiger partial charge in [-0.25, -0.2) is 13.4 Å². The van der Waals surface area contributed by atoms with E-state index in [9.17, 15) is 8.42 Å². The maximum atomic E-state index is 12.7. The molecule has 0 saturated carbocycles. The quantitative estimate of drug-likeness (QED) is 0.453. The topological polar surface area (TPSA) is 96.6 Å². The lowest BCUT2D eigenvalue weighted by Gasteiger charge is -2.20. The zero-order chi connectivity index (χ0) is 21.3. The minimum Gasteiger partial charge on any atom is -0.361 e. The van der Waals surface area contributed by atoms with Crippen molar-refractivity contribution < 1.29 is 12.9 Å². The van der Waals surface area contributed by atoms with Gasteiger partial charge in [0.1, 0.15) is 5.76 Å². The normalized spacial score (nSPS) is 13.3. The van der Waals surface area contributed by atoms with Crippen LogP contribution in [0.1, 0.15) is 51.1 Å². The van der Waals surface area contributed by atoms with Crippen LogP contribution in [0.5, 0.6) is 0 Å². The molecule has 1 aromatic heterocycles. The third-order valence-electron chi connectivity index (χ3n) is 4.70. The van der Waals surface area contributed by atoms with Crippen molar-refractivity contribution in [2.45, 2.75) is 64.4 Å². The van der Waals surface area contributed by atoms with E-state index in [-0.39, 0.29) is 11.8 Å². The fourth-order valence-electron chi connectivity index (χ4n) is 3.04. The largest absolute Gasteiger partial charge is 0.361 e. The molecular formula is C21H32N4O3S.